The van der Waals surface area contributed by atoms with Crippen molar-refractivity contribution < 1.29 is 14.3 Å². The Morgan fingerprint density at radius 3 is 2.61 bits per heavy atom. The fourth-order valence-corrected chi connectivity index (χ4v) is 3.68. The number of hydrogen-bond donors (Lipinski definition) is 3. The standard InChI is InChI=1S/C21H24ClN3O3/c22-18-11-4-3-10-17(18)19(25-21(23)27)13-20(26)24-14-6-5-9-16(12-14)28-15-7-1-2-8-15/h3-6,9-12,15,19H,1-2,7-8,13H2,(H,24,26)(H3,23,25,27)/t19-/m0/s1. The summed E-state index contributed by atoms with van der Waals surface area (Å²) in [7, 11) is 0. The van der Waals surface area contributed by atoms with Gasteiger partial charge in [0.05, 0.1) is 18.6 Å². The van der Waals surface area contributed by atoms with Crippen LogP contribution < -0.4 is 21.1 Å². The van der Waals surface area contributed by atoms with Crippen molar-refractivity contribution in [1.82, 2.24) is 5.32 Å². The third-order valence-electron chi connectivity index (χ3n) is 4.71. The molecule has 1 saturated carbocycles. The molecule has 6 nitrogen and oxygen atoms in total. The Morgan fingerprint density at radius 2 is 1.89 bits per heavy atom. The van der Waals surface area contributed by atoms with Gasteiger partial charge in [-0.05, 0) is 49.4 Å². The van der Waals surface area contributed by atoms with E-state index in [1.54, 1.807) is 30.3 Å². The summed E-state index contributed by atoms with van der Waals surface area (Å²) in [5.74, 6) is 0.472. The number of urea groups is 1. The van der Waals surface area contributed by atoms with Crippen LogP contribution in [0.3, 0.4) is 0 Å². The minimum absolute atomic E-state index is 0.000380. The first-order valence-electron chi connectivity index (χ1n) is 9.38. The van der Waals surface area contributed by atoms with Gasteiger partial charge in [0.2, 0.25) is 5.91 Å². The Hall–Kier alpha value is -2.73. The minimum atomic E-state index is -0.718. The zero-order valence-electron chi connectivity index (χ0n) is 15.5. The molecule has 2 aromatic rings. The normalized spacial score (nSPS) is 15.0. The molecule has 0 radical (unpaired) electrons. The van der Waals surface area contributed by atoms with Gasteiger partial charge in [-0.1, -0.05) is 35.9 Å². The second-order valence-electron chi connectivity index (χ2n) is 6.89. The molecule has 3 amide bonds. The highest BCUT2D eigenvalue weighted by Gasteiger charge is 2.20. The predicted octanol–water partition coefficient (Wildman–Crippen LogP) is 4.40. The molecule has 1 aliphatic rings. The molecule has 0 heterocycles. The average molecular weight is 402 g/mol. The molecule has 1 aliphatic carbocycles. The number of amides is 3. The number of halogens is 1. The van der Waals surface area contributed by atoms with Crippen LogP contribution in [0.1, 0.15) is 43.7 Å². The van der Waals surface area contributed by atoms with Gasteiger partial charge in [0, 0.05) is 16.8 Å². The Kier molecular flexibility index (Phi) is 6.76. The molecule has 0 unspecified atom stereocenters. The zero-order valence-corrected chi connectivity index (χ0v) is 16.2. The number of ether oxygens (including phenoxy) is 1. The van der Waals surface area contributed by atoms with Gasteiger partial charge >= 0.3 is 6.03 Å². The average Bonchev–Trinajstić information content (AvgIpc) is 3.14. The van der Waals surface area contributed by atoms with Gasteiger partial charge in [-0.25, -0.2) is 4.79 Å². The second-order valence-corrected chi connectivity index (χ2v) is 7.29. The van der Waals surface area contributed by atoms with E-state index < -0.39 is 12.1 Å². The summed E-state index contributed by atoms with van der Waals surface area (Å²) >= 11 is 6.21. The third kappa shape index (κ3) is 5.63. The molecule has 0 spiro atoms. The lowest BCUT2D eigenvalue weighted by Crippen LogP contribution is -2.35. The smallest absolute Gasteiger partial charge is 0.312 e. The fourth-order valence-electron chi connectivity index (χ4n) is 3.41. The molecule has 7 heteroatoms. The molecule has 1 atom stereocenters. The number of rotatable bonds is 7. The summed E-state index contributed by atoms with van der Waals surface area (Å²) < 4.78 is 5.97. The van der Waals surface area contributed by atoms with E-state index in [1.807, 2.05) is 18.2 Å². The second kappa shape index (κ2) is 9.46. The van der Waals surface area contributed by atoms with Crippen molar-refractivity contribution in [2.75, 3.05) is 5.32 Å². The number of primary amides is 1. The highest BCUT2D eigenvalue weighted by molar-refractivity contribution is 6.31. The van der Waals surface area contributed by atoms with Gasteiger partial charge in [-0.3, -0.25) is 4.79 Å². The van der Waals surface area contributed by atoms with Crippen LogP contribution in [0.15, 0.2) is 48.5 Å². The van der Waals surface area contributed by atoms with E-state index in [2.05, 4.69) is 10.6 Å². The van der Waals surface area contributed by atoms with Gasteiger partial charge in [0.25, 0.3) is 0 Å². The van der Waals surface area contributed by atoms with Crippen molar-refractivity contribution in [2.24, 2.45) is 5.73 Å². The lowest BCUT2D eigenvalue weighted by atomic mass is 10.0. The SMILES string of the molecule is NC(=O)N[C@@H](CC(=O)Nc1cccc(OC2CCCC2)c1)c1ccccc1Cl. The predicted molar refractivity (Wildman–Crippen MR) is 109 cm³/mol. The van der Waals surface area contributed by atoms with Gasteiger partial charge in [0.15, 0.2) is 0 Å². The largest absolute Gasteiger partial charge is 0.490 e. The van der Waals surface area contributed by atoms with Crippen molar-refractivity contribution in [3.05, 3.63) is 59.1 Å². The topological polar surface area (TPSA) is 93.5 Å². The Labute approximate surface area is 169 Å². The van der Waals surface area contributed by atoms with E-state index in [1.165, 1.54) is 12.8 Å². The maximum atomic E-state index is 12.6. The lowest BCUT2D eigenvalue weighted by Gasteiger charge is -2.19. The highest BCUT2D eigenvalue weighted by Crippen LogP contribution is 2.27. The van der Waals surface area contributed by atoms with E-state index in [4.69, 9.17) is 22.1 Å². The van der Waals surface area contributed by atoms with Crippen molar-refractivity contribution in [3.8, 4) is 5.75 Å². The Bertz CT molecular complexity index is 837. The molecular weight excluding hydrogens is 378 g/mol. The molecule has 0 saturated heterocycles. The summed E-state index contributed by atoms with van der Waals surface area (Å²) in [5, 5.41) is 5.89. The molecular formula is C21H24ClN3O3. The van der Waals surface area contributed by atoms with E-state index in [0.717, 1.165) is 18.6 Å². The summed E-state index contributed by atoms with van der Waals surface area (Å²) in [6.45, 7) is 0. The van der Waals surface area contributed by atoms with Crippen LogP contribution in [0, 0.1) is 0 Å². The number of carbonyl (C=O) groups is 2. The first-order valence-corrected chi connectivity index (χ1v) is 9.76. The van der Waals surface area contributed by atoms with Crippen molar-refractivity contribution in [3.63, 3.8) is 0 Å². The van der Waals surface area contributed by atoms with Crippen LogP contribution in [0.2, 0.25) is 5.02 Å². The van der Waals surface area contributed by atoms with E-state index >= 15 is 0 Å². The van der Waals surface area contributed by atoms with Crippen LogP contribution >= 0.6 is 11.6 Å². The fraction of sp³-hybridized carbons (Fsp3) is 0.333. The van der Waals surface area contributed by atoms with Crippen molar-refractivity contribution in [2.45, 2.75) is 44.2 Å². The minimum Gasteiger partial charge on any atom is -0.490 e. The van der Waals surface area contributed by atoms with E-state index in [0.29, 0.717) is 16.3 Å². The quantitative estimate of drug-likeness (QED) is 0.641. The van der Waals surface area contributed by atoms with Gasteiger partial charge in [-0.15, -0.1) is 0 Å². The number of carbonyl (C=O) groups excluding carboxylic acids is 2. The number of hydrogen-bond acceptors (Lipinski definition) is 3. The Balaban J connectivity index is 1.65. The van der Waals surface area contributed by atoms with Crippen molar-refractivity contribution >= 4 is 29.2 Å². The molecule has 0 aliphatic heterocycles. The molecule has 4 N–H and O–H groups in total. The summed E-state index contributed by atoms with van der Waals surface area (Å²) in [5.41, 5.74) is 6.54. The summed E-state index contributed by atoms with van der Waals surface area (Å²) in [6.07, 6.45) is 4.76. The highest BCUT2D eigenvalue weighted by atomic mass is 35.5. The molecule has 0 aromatic heterocycles. The first kappa shape index (κ1) is 20.0. The summed E-state index contributed by atoms with van der Waals surface area (Å²) in [6, 6.07) is 13.0. The van der Waals surface area contributed by atoms with Crippen LogP contribution in [0.5, 0.6) is 5.75 Å². The van der Waals surface area contributed by atoms with Crippen molar-refractivity contribution in [1.29, 1.82) is 0 Å². The van der Waals surface area contributed by atoms with Gasteiger partial charge < -0.3 is 21.1 Å². The molecule has 148 valence electrons. The number of nitrogens with two attached hydrogens (primary N) is 1. The lowest BCUT2D eigenvalue weighted by molar-refractivity contribution is -0.116. The first-order chi connectivity index (χ1) is 13.5. The van der Waals surface area contributed by atoms with Crippen LogP contribution in [0.25, 0.3) is 0 Å². The number of anilines is 1. The van der Waals surface area contributed by atoms with Gasteiger partial charge in [-0.2, -0.15) is 0 Å². The molecule has 28 heavy (non-hydrogen) atoms. The zero-order chi connectivity index (χ0) is 19.9. The van der Waals surface area contributed by atoms with Crippen LogP contribution in [0.4, 0.5) is 10.5 Å². The molecule has 2 aromatic carbocycles. The summed E-state index contributed by atoms with van der Waals surface area (Å²) in [4.78, 5) is 23.9. The number of benzene rings is 2. The van der Waals surface area contributed by atoms with Crippen LogP contribution in [-0.2, 0) is 4.79 Å². The number of nitrogens with one attached hydrogen (secondary N) is 2. The maximum Gasteiger partial charge on any atom is 0.312 e. The van der Waals surface area contributed by atoms with Crippen LogP contribution in [-0.4, -0.2) is 18.0 Å². The Morgan fingerprint density at radius 1 is 1.14 bits per heavy atom. The monoisotopic (exact) mass is 401 g/mol. The molecule has 0 bridgehead atoms. The molecule has 1 fully saturated rings. The maximum absolute atomic E-state index is 12.6. The van der Waals surface area contributed by atoms with E-state index in [9.17, 15) is 9.59 Å². The molecule has 3 rings (SSSR count). The van der Waals surface area contributed by atoms with E-state index in [-0.39, 0.29) is 18.4 Å². The van der Waals surface area contributed by atoms with Gasteiger partial charge in [0.1, 0.15) is 5.75 Å². The third-order valence-corrected chi connectivity index (χ3v) is 5.05.